The Labute approximate surface area is 150 Å². The first kappa shape index (κ1) is 17.7. The van der Waals surface area contributed by atoms with Crippen LogP contribution in [0, 0.1) is 34.5 Å². The summed E-state index contributed by atoms with van der Waals surface area (Å²) >= 11 is 0. The van der Waals surface area contributed by atoms with Gasteiger partial charge in [0.15, 0.2) is 0 Å². The topological polar surface area (TPSA) is 77.8 Å². The molecule has 4 heteroatoms. The summed E-state index contributed by atoms with van der Waals surface area (Å²) in [6, 6.07) is 0. The molecule has 0 amide bonds. The highest BCUT2D eigenvalue weighted by Gasteiger charge is 2.64. The Morgan fingerprint density at radius 1 is 1.16 bits per heavy atom. The van der Waals surface area contributed by atoms with Crippen molar-refractivity contribution in [3.8, 4) is 0 Å². The fourth-order valence-corrected chi connectivity index (χ4v) is 7.41. The number of ketones is 1. The average molecular weight is 348 g/mol. The van der Waals surface area contributed by atoms with Gasteiger partial charge in [-0.3, -0.25) is 4.79 Å². The summed E-state index contributed by atoms with van der Waals surface area (Å²) in [7, 11) is 0. The van der Waals surface area contributed by atoms with Crippen molar-refractivity contribution in [1.82, 2.24) is 0 Å². The van der Waals surface area contributed by atoms with E-state index in [0.717, 1.165) is 31.3 Å². The Balaban J connectivity index is 1.77. The van der Waals surface area contributed by atoms with Crippen molar-refractivity contribution in [1.29, 1.82) is 0 Å². The van der Waals surface area contributed by atoms with E-state index in [1.165, 1.54) is 0 Å². The fraction of sp³-hybridized carbons (Fsp3) is 0.857. The van der Waals surface area contributed by atoms with Gasteiger partial charge in [-0.2, -0.15) is 0 Å². The molecule has 4 aliphatic carbocycles. The van der Waals surface area contributed by atoms with Gasteiger partial charge in [0.1, 0.15) is 5.78 Å². The summed E-state index contributed by atoms with van der Waals surface area (Å²) in [4.78, 5) is 12.2. The lowest BCUT2D eigenvalue weighted by atomic mass is 9.46. The number of aliphatic hydroxyl groups is 3. The second-order valence-corrected chi connectivity index (χ2v) is 9.72. The number of carbonyl (C=O) groups is 1. The molecule has 4 nitrogen and oxygen atoms in total. The number of carbonyl (C=O) groups excluding carboxylic acids is 1. The zero-order valence-corrected chi connectivity index (χ0v) is 15.6. The number of rotatable bonds is 1. The van der Waals surface area contributed by atoms with Crippen LogP contribution in [0.15, 0.2) is 11.6 Å². The van der Waals surface area contributed by atoms with Crippen LogP contribution in [0.25, 0.3) is 0 Å². The number of aliphatic hydroxyl groups excluding tert-OH is 3. The lowest BCUT2D eigenvalue weighted by molar-refractivity contribution is -0.157. The smallest absolute Gasteiger partial charge is 0.133 e. The van der Waals surface area contributed by atoms with E-state index in [1.54, 1.807) is 6.92 Å². The first-order valence-electron chi connectivity index (χ1n) is 9.94. The molecule has 0 spiro atoms. The van der Waals surface area contributed by atoms with Crippen LogP contribution in [0.2, 0.25) is 0 Å². The predicted molar refractivity (Wildman–Crippen MR) is 94.7 cm³/mol. The molecule has 3 N–H and O–H groups in total. The summed E-state index contributed by atoms with van der Waals surface area (Å²) < 4.78 is 0. The lowest BCUT2D eigenvalue weighted by Crippen LogP contribution is -2.60. The molecule has 0 bridgehead atoms. The van der Waals surface area contributed by atoms with E-state index in [1.807, 2.05) is 6.08 Å². The van der Waals surface area contributed by atoms with Crippen molar-refractivity contribution >= 4 is 5.78 Å². The van der Waals surface area contributed by atoms with Crippen molar-refractivity contribution in [3.05, 3.63) is 11.6 Å². The highest BCUT2D eigenvalue weighted by Crippen LogP contribution is 2.66. The van der Waals surface area contributed by atoms with E-state index in [-0.39, 0.29) is 46.4 Å². The monoisotopic (exact) mass is 348 g/mol. The third-order valence-corrected chi connectivity index (χ3v) is 8.53. The zero-order valence-electron chi connectivity index (χ0n) is 15.6. The third kappa shape index (κ3) is 2.33. The number of hydrogen-bond donors (Lipinski definition) is 3. The maximum Gasteiger partial charge on any atom is 0.133 e. The highest BCUT2D eigenvalue weighted by molar-refractivity contribution is 5.79. The van der Waals surface area contributed by atoms with Crippen LogP contribution in [0.3, 0.4) is 0 Å². The maximum absolute atomic E-state index is 12.2. The molecule has 4 aliphatic rings. The molecule has 0 saturated heterocycles. The molecule has 0 radical (unpaired) electrons. The third-order valence-electron chi connectivity index (χ3n) is 8.53. The van der Waals surface area contributed by atoms with Gasteiger partial charge < -0.3 is 15.3 Å². The molecular formula is C21H32O4. The Hall–Kier alpha value is -0.710. The standard InChI is InChI=1S/C21H32O4/c1-11(22)14-4-5-15-18-16(24)9-12-8-13(23)6-7-20(12,2)19(18)17(25)10-21(14,15)3/h9,13-19,23-25H,4-8,10H2,1-3H3/t13-,14+,15-,16+,17+,18+,19-,20-,21+/m0/s1. The van der Waals surface area contributed by atoms with Crippen molar-refractivity contribution in [3.63, 3.8) is 0 Å². The minimum absolute atomic E-state index is 0.00617. The SMILES string of the molecule is CC(=O)[C@H]1CC[C@H]2[C@H]3[C@H]([C@H](O)C[C@]12C)[C@@]1(C)CC[C@H](O)CC1=C[C@H]3O. The van der Waals surface area contributed by atoms with Gasteiger partial charge in [-0.05, 0) is 74.0 Å². The summed E-state index contributed by atoms with van der Waals surface area (Å²) in [6.07, 6.45) is 5.31. The van der Waals surface area contributed by atoms with Gasteiger partial charge in [0.05, 0.1) is 18.3 Å². The molecule has 0 aromatic heterocycles. The minimum atomic E-state index is -0.580. The minimum Gasteiger partial charge on any atom is -0.393 e. The molecule has 4 rings (SSSR count). The van der Waals surface area contributed by atoms with Crippen molar-refractivity contribution in [2.75, 3.05) is 0 Å². The van der Waals surface area contributed by atoms with Gasteiger partial charge in [0.25, 0.3) is 0 Å². The quantitative estimate of drug-likeness (QED) is 0.636. The van der Waals surface area contributed by atoms with Crippen LogP contribution in [0.1, 0.15) is 59.3 Å². The van der Waals surface area contributed by atoms with Gasteiger partial charge in [-0.1, -0.05) is 25.5 Å². The second-order valence-electron chi connectivity index (χ2n) is 9.72. The maximum atomic E-state index is 12.2. The Morgan fingerprint density at radius 3 is 2.56 bits per heavy atom. The van der Waals surface area contributed by atoms with E-state index in [9.17, 15) is 20.1 Å². The number of Topliss-reactive ketones (excluding diaryl/α,β-unsaturated/α-hetero) is 1. The summed E-state index contributed by atoms with van der Waals surface area (Å²) in [5.41, 5.74) is 0.783. The highest BCUT2D eigenvalue weighted by atomic mass is 16.3. The van der Waals surface area contributed by atoms with Crippen molar-refractivity contribution in [2.24, 2.45) is 34.5 Å². The second kappa shape index (κ2) is 5.64. The molecule has 0 unspecified atom stereocenters. The fourth-order valence-electron chi connectivity index (χ4n) is 7.41. The van der Waals surface area contributed by atoms with Gasteiger partial charge in [0.2, 0.25) is 0 Å². The molecule has 0 aromatic rings. The summed E-state index contributed by atoms with van der Waals surface area (Å²) in [5.74, 6) is 0.558. The normalized spacial score (nSPS) is 55.0. The van der Waals surface area contributed by atoms with Crippen molar-refractivity contribution in [2.45, 2.75) is 77.6 Å². The van der Waals surface area contributed by atoms with E-state index >= 15 is 0 Å². The Bertz CT molecular complexity index is 613. The van der Waals surface area contributed by atoms with E-state index in [0.29, 0.717) is 12.8 Å². The van der Waals surface area contributed by atoms with Gasteiger partial charge >= 0.3 is 0 Å². The largest absolute Gasteiger partial charge is 0.393 e. The molecule has 140 valence electrons. The van der Waals surface area contributed by atoms with Crippen LogP contribution in [0.5, 0.6) is 0 Å². The Kier molecular flexibility index (Phi) is 3.99. The first-order chi connectivity index (χ1) is 11.7. The van der Waals surface area contributed by atoms with Gasteiger partial charge in [0, 0.05) is 5.92 Å². The lowest BCUT2D eigenvalue weighted by Gasteiger charge is -2.60. The van der Waals surface area contributed by atoms with E-state index in [4.69, 9.17) is 0 Å². The first-order valence-corrected chi connectivity index (χ1v) is 9.94. The number of hydrogen-bond acceptors (Lipinski definition) is 4. The van der Waals surface area contributed by atoms with E-state index < -0.39 is 12.2 Å². The Morgan fingerprint density at radius 2 is 1.88 bits per heavy atom. The van der Waals surface area contributed by atoms with Crippen LogP contribution in [0.4, 0.5) is 0 Å². The van der Waals surface area contributed by atoms with Crippen LogP contribution >= 0.6 is 0 Å². The summed E-state index contributed by atoms with van der Waals surface area (Å²) in [6.45, 7) is 6.06. The number of fused-ring (bicyclic) bond motifs is 5. The molecular weight excluding hydrogens is 316 g/mol. The van der Waals surface area contributed by atoms with Crippen LogP contribution in [-0.2, 0) is 4.79 Å². The van der Waals surface area contributed by atoms with Crippen molar-refractivity contribution < 1.29 is 20.1 Å². The molecule has 0 heterocycles. The molecule has 9 atom stereocenters. The predicted octanol–water partition coefficient (Wildman–Crippen LogP) is 2.46. The van der Waals surface area contributed by atoms with Gasteiger partial charge in [-0.25, -0.2) is 0 Å². The van der Waals surface area contributed by atoms with Gasteiger partial charge in [-0.15, -0.1) is 0 Å². The van der Waals surface area contributed by atoms with Crippen LogP contribution < -0.4 is 0 Å². The summed E-state index contributed by atoms with van der Waals surface area (Å²) in [5, 5.41) is 32.3. The zero-order chi connectivity index (χ0) is 18.1. The molecule has 3 saturated carbocycles. The van der Waals surface area contributed by atoms with E-state index in [2.05, 4.69) is 13.8 Å². The molecule has 3 fully saturated rings. The van der Waals surface area contributed by atoms with Crippen LogP contribution in [-0.4, -0.2) is 39.4 Å². The average Bonchev–Trinajstić information content (AvgIpc) is 2.85. The molecule has 0 aromatic carbocycles. The molecule has 25 heavy (non-hydrogen) atoms. The molecule has 0 aliphatic heterocycles.